The number of fused-ring (bicyclic) bond motifs is 1. The molecule has 3 aliphatic rings. The second kappa shape index (κ2) is 6.75. The van der Waals surface area contributed by atoms with E-state index in [4.69, 9.17) is 14.2 Å². The molecule has 6 nitrogen and oxygen atoms in total. The molecule has 0 aliphatic carbocycles. The van der Waals surface area contributed by atoms with Gasteiger partial charge in [0.1, 0.15) is 13.2 Å². The Morgan fingerprint density at radius 3 is 2.64 bits per heavy atom. The number of methoxy groups -OCH3 is 1. The zero-order valence-corrected chi connectivity index (χ0v) is 15.0. The van der Waals surface area contributed by atoms with Crippen molar-refractivity contribution < 1.29 is 19.0 Å². The number of hydrogen-bond donors (Lipinski definition) is 0. The third kappa shape index (κ3) is 2.92. The first-order chi connectivity index (χ1) is 12.2. The first-order valence-electron chi connectivity index (χ1n) is 9.18. The second-order valence-electron chi connectivity index (χ2n) is 7.10. The zero-order chi connectivity index (χ0) is 17.4. The maximum atomic E-state index is 13.2. The topological polar surface area (TPSA) is 51.2 Å². The summed E-state index contributed by atoms with van der Waals surface area (Å²) < 4.78 is 16.7. The fourth-order valence-electron chi connectivity index (χ4n) is 4.43. The number of ether oxygens (including phenoxy) is 3. The van der Waals surface area contributed by atoms with E-state index in [1.54, 1.807) is 19.2 Å². The van der Waals surface area contributed by atoms with E-state index < -0.39 is 0 Å². The summed E-state index contributed by atoms with van der Waals surface area (Å²) in [5.74, 6) is 1.83. The smallest absolute Gasteiger partial charge is 0.254 e. The maximum absolute atomic E-state index is 13.2. The molecule has 0 bridgehead atoms. The normalized spacial score (nSPS) is 26.1. The van der Waals surface area contributed by atoms with E-state index in [0.29, 0.717) is 48.1 Å². The van der Waals surface area contributed by atoms with Crippen molar-refractivity contribution in [3.8, 4) is 17.2 Å². The minimum atomic E-state index is 0.0677. The van der Waals surface area contributed by atoms with Crippen molar-refractivity contribution in [3.05, 3.63) is 17.7 Å². The number of carbonyl (C=O) groups is 1. The Balaban J connectivity index is 1.61. The van der Waals surface area contributed by atoms with Crippen LogP contribution in [0.1, 0.15) is 36.0 Å². The number of nitrogens with zero attached hydrogens (tertiary/aromatic N) is 2. The highest BCUT2D eigenvalue weighted by atomic mass is 16.6. The fourth-order valence-corrected chi connectivity index (χ4v) is 4.43. The van der Waals surface area contributed by atoms with Crippen LogP contribution in [-0.4, -0.2) is 68.3 Å². The highest BCUT2D eigenvalue weighted by Gasteiger charge is 2.39. The Labute approximate surface area is 148 Å². The molecule has 3 aliphatic heterocycles. The van der Waals surface area contributed by atoms with Gasteiger partial charge in [-0.3, -0.25) is 4.79 Å². The number of amides is 1. The van der Waals surface area contributed by atoms with E-state index in [1.165, 1.54) is 12.8 Å². The van der Waals surface area contributed by atoms with E-state index in [9.17, 15) is 4.79 Å². The molecule has 6 heteroatoms. The fraction of sp³-hybridized carbons (Fsp3) is 0.632. The Kier molecular flexibility index (Phi) is 4.46. The molecule has 2 fully saturated rings. The minimum absolute atomic E-state index is 0.0677. The van der Waals surface area contributed by atoms with Crippen LogP contribution in [0.25, 0.3) is 0 Å². The van der Waals surface area contributed by atoms with E-state index in [1.807, 2.05) is 0 Å². The van der Waals surface area contributed by atoms with Crippen LogP contribution in [0.3, 0.4) is 0 Å². The monoisotopic (exact) mass is 346 g/mol. The van der Waals surface area contributed by atoms with Crippen LogP contribution < -0.4 is 14.2 Å². The van der Waals surface area contributed by atoms with Crippen molar-refractivity contribution in [2.45, 2.75) is 37.8 Å². The number of likely N-dealkylation sites (tertiary alicyclic amines) is 2. The average Bonchev–Trinajstić information content (AvgIpc) is 3.28. The van der Waals surface area contributed by atoms with Gasteiger partial charge in [0, 0.05) is 24.2 Å². The van der Waals surface area contributed by atoms with Gasteiger partial charge in [-0.2, -0.15) is 0 Å². The SMILES string of the molecule is COc1cc(C(=O)N2CCC[C@@H]2[C@H]2CCCN2C)cc2c1OCCO2. The van der Waals surface area contributed by atoms with Crippen LogP contribution in [0.2, 0.25) is 0 Å². The summed E-state index contributed by atoms with van der Waals surface area (Å²) in [7, 11) is 3.76. The number of benzene rings is 1. The molecule has 2 atom stereocenters. The lowest BCUT2D eigenvalue weighted by Gasteiger charge is -2.33. The van der Waals surface area contributed by atoms with Gasteiger partial charge in [-0.1, -0.05) is 0 Å². The van der Waals surface area contributed by atoms with Crippen molar-refractivity contribution in [2.24, 2.45) is 0 Å². The predicted molar refractivity (Wildman–Crippen MR) is 93.7 cm³/mol. The Morgan fingerprint density at radius 2 is 1.88 bits per heavy atom. The van der Waals surface area contributed by atoms with Gasteiger partial charge in [0.15, 0.2) is 11.5 Å². The Hall–Kier alpha value is -1.95. The molecule has 0 spiro atoms. The third-order valence-corrected chi connectivity index (χ3v) is 5.66. The van der Waals surface area contributed by atoms with Gasteiger partial charge in [0.05, 0.1) is 7.11 Å². The predicted octanol–water partition coefficient (Wildman–Crippen LogP) is 2.17. The number of carbonyl (C=O) groups excluding carboxylic acids is 1. The second-order valence-corrected chi connectivity index (χ2v) is 7.10. The molecular weight excluding hydrogens is 320 g/mol. The molecule has 2 saturated heterocycles. The van der Waals surface area contributed by atoms with Gasteiger partial charge >= 0.3 is 0 Å². The van der Waals surface area contributed by atoms with Crippen LogP contribution in [0.4, 0.5) is 0 Å². The van der Waals surface area contributed by atoms with Gasteiger partial charge in [0.2, 0.25) is 5.75 Å². The third-order valence-electron chi connectivity index (χ3n) is 5.66. The summed E-state index contributed by atoms with van der Waals surface area (Å²) in [5, 5.41) is 0. The van der Waals surface area contributed by atoms with Crippen molar-refractivity contribution in [2.75, 3.05) is 40.5 Å². The molecule has 0 aromatic heterocycles. The summed E-state index contributed by atoms with van der Waals surface area (Å²) in [5.41, 5.74) is 0.619. The maximum Gasteiger partial charge on any atom is 0.254 e. The Morgan fingerprint density at radius 1 is 1.12 bits per heavy atom. The molecule has 0 N–H and O–H groups in total. The van der Waals surface area contributed by atoms with Crippen LogP contribution in [0, 0.1) is 0 Å². The summed E-state index contributed by atoms with van der Waals surface area (Å²) in [6.07, 6.45) is 4.55. The molecule has 136 valence electrons. The molecular formula is C19H26N2O4. The van der Waals surface area contributed by atoms with Gasteiger partial charge in [-0.25, -0.2) is 0 Å². The highest BCUT2D eigenvalue weighted by Crippen LogP contribution is 2.41. The lowest BCUT2D eigenvalue weighted by Crippen LogP contribution is -2.47. The molecule has 1 aromatic rings. The molecule has 0 unspecified atom stereocenters. The lowest BCUT2D eigenvalue weighted by atomic mass is 10.0. The summed E-state index contributed by atoms with van der Waals surface area (Å²) in [6, 6.07) is 4.36. The van der Waals surface area contributed by atoms with E-state index in [0.717, 1.165) is 25.9 Å². The van der Waals surface area contributed by atoms with Gasteiger partial charge in [-0.05, 0) is 51.4 Å². The number of likely N-dealkylation sites (N-methyl/N-ethyl adjacent to an activating group) is 1. The molecule has 1 amide bonds. The van der Waals surface area contributed by atoms with E-state index >= 15 is 0 Å². The van der Waals surface area contributed by atoms with Crippen molar-refractivity contribution in [1.82, 2.24) is 9.80 Å². The van der Waals surface area contributed by atoms with Gasteiger partial charge < -0.3 is 24.0 Å². The zero-order valence-electron chi connectivity index (χ0n) is 15.0. The minimum Gasteiger partial charge on any atom is -0.493 e. The van der Waals surface area contributed by atoms with Crippen molar-refractivity contribution >= 4 is 5.91 Å². The van der Waals surface area contributed by atoms with Crippen LogP contribution in [0.5, 0.6) is 17.2 Å². The molecule has 25 heavy (non-hydrogen) atoms. The van der Waals surface area contributed by atoms with Crippen LogP contribution in [-0.2, 0) is 0 Å². The van der Waals surface area contributed by atoms with Crippen molar-refractivity contribution in [1.29, 1.82) is 0 Å². The molecule has 1 aromatic carbocycles. The standard InChI is InChI=1S/C19H26N2O4/c1-20-7-3-5-14(20)15-6-4-8-21(15)19(22)13-11-16(23-2)18-17(12-13)24-9-10-25-18/h11-12,14-15H,3-10H2,1-2H3/t14-,15-/m1/s1. The van der Waals surface area contributed by atoms with Crippen molar-refractivity contribution in [3.63, 3.8) is 0 Å². The first kappa shape index (κ1) is 16.5. The first-order valence-corrected chi connectivity index (χ1v) is 9.18. The van der Waals surface area contributed by atoms with E-state index in [2.05, 4.69) is 16.8 Å². The summed E-state index contributed by atoms with van der Waals surface area (Å²) >= 11 is 0. The highest BCUT2D eigenvalue weighted by molar-refractivity contribution is 5.96. The number of hydrogen-bond acceptors (Lipinski definition) is 5. The average molecular weight is 346 g/mol. The van der Waals surface area contributed by atoms with Crippen LogP contribution in [0.15, 0.2) is 12.1 Å². The molecule has 4 rings (SSSR count). The molecule has 0 saturated carbocycles. The van der Waals surface area contributed by atoms with Gasteiger partial charge in [-0.15, -0.1) is 0 Å². The van der Waals surface area contributed by atoms with Gasteiger partial charge in [0.25, 0.3) is 5.91 Å². The summed E-state index contributed by atoms with van der Waals surface area (Å²) in [4.78, 5) is 17.7. The Bertz CT molecular complexity index is 646. The quantitative estimate of drug-likeness (QED) is 0.840. The largest absolute Gasteiger partial charge is 0.493 e. The van der Waals surface area contributed by atoms with E-state index in [-0.39, 0.29) is 5.91 Å². The lowest BCUT2D eigenvalue weighted by molar-refractivity contribution is 0.0663. The van der Waals surface area contributed by atoms with Crippen LogP contribution >= 0.6 is 0 Å². The molecule has 3 heterocycles. The number of rotatable bonds is 3. The molecule has 0 radical (unpaired) electrons. The summed E-state index contributed by atoms with van der Waals surface area (Å²) in [6.45, 7) is 2.94.